The van der Waals surface area contributed by atoms with Crippen LogP contribution < -0.4 is 11.5 Å². The van der Waals surface area contributed by atoms with Gasteiger partial charge in [0.1, 0.15) is 36.2 Å². The fraction of sp³-hybridized carbons (Fsp3) is 0.579. The number of aliphatic carboxylic acids is 1. The smallest absolute Gasteiger partial charge is 0.375 e. The number of carboxylic acid groups (broad SMARTS) is 1. The second-order valence-electron chi connectivity index (χ2n) is 7.74. The van der Waals surface area contributed by atoms with Gasteiger partial charge in [0.15, 0.2) is 17.7 Å². The number of carbonyl (C=O) groups excluding carboxylic acids is 2. The van der Waals surface area contributed by atoms with Crippen LogP contribution in [0.1, 0.15) is 19.6 Å². The summed E-state index contributed by atoms with van der Waals surface area (Å²) in [5.41, 5.74) is 11.9. The van der Waals surface area contributed by atoms with E-state index in [0.29, 0.717) is 5.52 Å². The third-order valence-electron chi connectivity index (χ3n) is 5.38. The number of aliphatic hydroxyl groups is 2. The zero-order valence-electron chi connectivity index (χ0n) is 18.4. The fourth-order valence-corrected chi connectivity index (χ4v) is 3.58. The van der Waals surface area contributed by atoms with Gasteiger partial charge in [0, 0.05) is 13.1 Å². The van der Waals surface area contributed by atoms with Gasteiger partial charge in [-0.3, -0.25) is 19.1 Å². The molecule has 0 saturated carbocycles. The van der Waals surface area contributed by atoms with Crippen LogP contribution >= 0.6 is 0 Å². The van der Waals surface area contributed by atoms with Gasteiger partial charge in [-0.1, -0.05) is 0 Å². The first kappa shape index (κ1) is 25.4. The number of ether oxygens (including phenoxy) is 2. The second-order valence-corrected chi connectivity index (χ2v) is 7.74. The molecule has 1 aliphatic heterocycles. The van der Waals surface area contributed by atoms with E-state index in [0.717, 1.165) is 0 Å². The quantitative estimate of drug-likeness (QED) is 0.162. The molecule has 15 heteroatoms. The fourth-order valence-electron chi connectivity index (χ4n) is 3.58. The maximum absolute atomic E-state index is 12.2. The number of anilines is 1. The summed E-state index contributed by atoms with van der Waals surface area (Å²) in [6.07, 6.45) is -2.33. The molecule has 1 saturated heterocycles. The molecule has 0 bridgehead atoms. The molecule has 0 spiro atoms. The topological polar surface area (TPSA) is 229 Å². The van der Waals surface area contributed by atoms with Crippen LogP contribution in [0.15, 0.2) is 12.7 Å². The highest BCUT2D eigenvalue weighted by Crippen LogP contribution is 2.32. The number of rotatable bonds is 11. The Morgan fingerprint density at radius 1 is 1.26 bits per heavy atom. The Hall–Kier alpha value is -3.24. The number of imidazole rings is 1. The molecule has 0 amide bonds. The maximum atomic E-state index is 12.2. The summed E-state index contributed by atoms with van der Waals surface area (Å²) in [6, 6.07) is -1.20. The van der Waals surface area contributed by atoms with Crippen molar-refractivity contribution in [3.05, 3.63) is 12.7 Å². The van der Waals surface area contributed by atoms with E-state index in [1.807, 2.05) is 0 Å². The minimum Gasteiger partial charge on any atom is -0.480 e. The zero-order chi connectivity index (χ0) is 25.0. The minimum absolute atomic E-state index is 0.00369. The third kappa shape index (κ3) is 5.45. The van der Waals surface area contributed by atoms with Crippen molar-refractivity contribution in [1.82, 2.24) is 24.4 Å². The van der Waals surface area contributed by atoms with E-state index in [1.54, 1.807) is 6.92 Å². The third-order valence-corrected chi connectivity index (χ3v) is 5.38. The van der Waals surface area contributed by atoms with Crippen molar-refractivity contribution >= 4 is 34.7 Å². The molecule has 0 unspecified atom stereocenters. The van der Waals surface area contributed by atoms with Crippen LogP contribution in [0.4, 0.5) is 5.82 Å². The van der Waals surface area contributed by atoms with Gasteiger partial charge in [-0.05, 0) is 13.3 Å². The number of aromatic nitrogens is 4. The molecule has 0 radical (unpaired) electrons. The summed E-state index contributed by atoms with van der Waals surface area (Å²) in [6.45, 7) is 1.03. The predicted molar refractivity (Wildman–Crippen MR) is 114 cm³/mol. The molecule has 3 rings (SSSR count). The summed E-state index contributed by atoms with van der Waals surface area (Å²) in [7, 11) is 0. The summed E-state index contributed by atoms with van der Waals surface area (Å²) in [5, 5.41) is 30.3. The zero-order valence-corrected chi connectivity index (χ0v) is 18.4. The number of nitrogens with zero attached hydrogens (tertiary/aromatic N) is 5. The van der Waals surface area contributed by atoms with Gasteiger partial charge < -0.3 is 36.3 Å². The van der Waals surface area contributed by atoms with Crippen LogP contribution in [0.3, 0.4) is 0 Å². The van der Waals surface area contributed by atoms with Crippen molar-refractivity contribution in [2.45, 2.75) is 43.9 Å². The monoisotopic (exact) mass is 481 g/mol. The standard InChI is InChI=1S/C19H27N7O8/c1-2-33-19(32)10(27)5-25(4-3-9(20)18(30)31)6-11-13(28)14(29)17(34-11)26-8-24-12-15(21)22-7-23-16(12)26/h7-9,11,13-14,17,28-29H,2-6,20H2,1H3,(H,30,31)(H2,21,22,23)/t9-,11+,13+,14+,17+/m0/s1. The minimum atomic E-state index is -1.39. The van der Waals surface area contributed by atoms with E-state index >= 15 is 0 Å². The van der Waals surface area contributed by atoms with Crippen LogP contribution in [0.2, 0.25) is 0 Å². The van der Waals surface area contributed by atoms with Gasteiger partial charge >= 0.3 is 11.9 Å². The molecule has 186 valence electrons. The lowest BCUT2D eigenvalue weighted by Crippen LogP contribution is -2.45. The first-order chi connectivity index (χ1) is 16.1. The van der Waals surface area contributed by atoms with Gasteiger partial charge in [-0.2, -0.15) is 0 Å². The number of ketones is 1. The van der Waals surface area contributed by atoms with Crippen molar-refractivity contribution in [3.63, 3.8) is 0 Å². The first-order valence-corrected chi connectivity index (χ1v) is 10.5. The van der Waals surface area contributed by atoms with E-state index in [9.17, 15) is 24.6 Å². The average molecular weight is 481 g/mol. The highest BCUT2D eigenvalue weighted by molar-refractivity contribution is 6.34. The molecule has 34 heavy (non-hydrogen) atoms. The molecular formula is C19H27N7O8. The first-order valence-electron chi connectivity index (χ1n) is 10.5. The predicted octanol–water partition coefficient (Wildman–Crippen LogP) is -2.74. The van der Waals surface area contributed by atoms with Crippen LogP contribution in [-0.2, 0) is 23.9 Å². The molecule has 5 atom stereocenters. The van der Waals surface area contributed by atoms with Gasteiger partial charge in [0.2, 0.25) is 0 Å². The summed E-state index contributed by atoms with van der Waals surface area (Å²) >= 11 is 0. The Bertz CT molecular complexity index is 1050. The number of nitrogen functional groups attached to an aromatic ring is 1. The number of carbonyl (C=O) groups is 3. The highest BCUT2D eigenvalue weighted by atomic mass is 16.6. The lowest BCUT2D eigenvalue weighted by Gasteiger charge is -2.26. The molecule has 7 N–H and O–H groups in total. The number of hydrogen-bond acceptors (Lipinski definition) is 13. The van der Waals surface area contributed by atoms with Crippen molar-refractivity contribution in [1.29, 1.82) is 0 Å². The Morgan fingerprint density at radius 3 is 2.68 bits per heavy atom. The number of fused-ring (bicyclic) bond motifs is 1. The molecule has 3 heterocycles. The number of hydrogen-bond donors (Lipinski definition) is 5. The molecule has 0 aliphatic carbocycles. The maximum Gasteiger partial charge on any atom is 0.375 e. The van der Waals surface area contributed by atoms with Crippen LogP contribution in [0.5, 0.6) is 0 Å². The van der Waals surface area contributed by atoms with Crippen molar-refractivity contribution in [2.24, 2.45) is 5.73 Å². The molecule has 0 aromatic carbocycles. The SMILES string of the molecule is CCOC(=O)C(=O)CN(CC[C@H](N)C(=O)O)C[C@H]1O[C@@H](n2cnc3c(N)ncnc32)[C@H](O)[C@@H]1O. The van der Waals surface area contributed by atoms with Crippen LogP contribution in [-0.4, -0.2) is 108 Å². The largest absolute Gasteiger partial charge is 0.480 e. The van der Waals surface area contributed by atoms with Crippen molar-refractivity contribution < 1.29 is 39.2 Å². The van der Waals surface area contributed by atoms with Gasteiger partial charge in [0.25, 0.3) is 5.78 Å². The summed E-state index contributed by atoms with van der Waals surface area (Å²) in [4.78, 5) is 48.5. The van der Waals surface area contributed by atoms with E-state index in [2.05, 4.69) is 15.0 Å². The Morgan fingerprint density at radius 2 is 2.00 bits per heavy atom. The molecule has 1 aliphatic rings. The number of nitrogens with two attached hydrogens (primary N) is 2. The van der Waals surface area contributed by atoms with Crippen molar-refractivity contribution in [3.8, 4) is 0 Å². The van der Waals surface area contributed by atoms with Gasteiger partial charge in [-0.25, -0.2) is 19.7 Å². The Kier molecular flexibility index (Phi) is 8.06. The van der Waals surface area contributed by atoms with Gasteiger partial charge in [-0.15, -0.1) is 0 Å². The molecule has 1 fully saturated rings. The second kappa shape index (κ2) is 10.8. The summed E-state index contributed by atoms with van der Waals surface area (Å²) < 4.78 is 12.0. The van der Waals surface area contributed by atoms with E-state index in [1.165, 1.54) is 22.1 Å². The Balaban J connectivity index is 1.76. The van der Waals surface area contributed by atoms with Crippen LogP contribution in [0, 0.1) is 0 Å². The Labute approximate surface area is 193 Å². The highest BCUT2D eigenvalue weighted by Gasteiger charge is 2.45. The lowest BCUT2D eigenvalue weighted by atomic mass is 10.1. The van der Waals surface area contributed by atoms with Crippen molar-refractivity contribution in [2.75, 3.05) is 32.0 Å². The normalized spacial score (nSPS) is 23.3. The number of aliphatic hydroxyl groups excluding tert-OH is 2. The van der Waals surface area contributed by atoms with Gasteiger partial charge in [0.05, 0.1) is 19.5 Å². The van der Waals surface area contributed by atoms with E-state index in [-0.39, 0.29) is 37.6 Å². The van der Waals surface area contributed by atoms with E-state index in [4.69, 9.17) is 26.0 Å². The number of carboxylic acids is 1. The molecule has 2 aromatic heterocycles. The number of esters is 1. The molecule has 2 aromatic rings. The molecule has 15 nitrogen and oxygen atoms in total. The molecular weight excluding hydrogens is 454 g/mol. The lowest BCUT2D eigenvalue weighted by molar-refractivity contribution is -0.154. The summed E-state index contributed by atoms with van der Waals surface area (Å²) in [5.74, 6) is -2.99. The van der Waals surface area contributed by atoms with Crippen LogP contribution in [0.25, 0.3) is 11.2 Å². The average Bonchev–Trinajstić information content (AvgIpc) is 3.34. The van der Waals surface area contributed by atoms with E-state index < -0.39 is 54.8 Å². The number of Topliss-reactive ketones (excluding diaryl/α,β-unsaturated/α-hetero) is 1.